The van der Waals surface area contributed by atoms with Crippen molar-refractivity contribution in [3.05, 3.63) is 0 Å². The largest absolute Gasteiger partial charge is 0.481 e. The van der Waals surface area contributed by atoms with Crippen LogP contribution in [0.2, 0.25) is 0 Å². The summed E-state index contributed by atoms with van der Waals surface area (Å²) in [4.78, 5) is 12.1. The molecule has 0 aromatic rings. The third-order valence-corrected chi connectivity index (χ3v) is 9.12. The minimum Gasteiger partial charge on any atom is -0.481 e. The molecule has 142 valence electrons. The van der Waals surface area contributed by atoms with Crippen LogP contribution in [0.1, 0.15) is 64.7 Å². The van der Waals surface area contributed by atoms with Crippen LogP contribution in [0, 0.1) is 34.0 Å². The fraction of sp³-hybridized carbons (Fsp3) is 0.950. The smallest absolute Gasteiger partial charge is 0.312 e. The number of aliphatic carboxylic acids is 1. The van der Waals surface area contributed by atoms with E-state index in [1.165, 1.54) is 0 Å². The minimum atomic E-state index is -1.00. The number of rotatable bonds is 3. The van der Waals surface area contributed by atoms with E-state index in [0.29, 0.717) is 18.8 Å². The molecule has 0 amide bonds. The van der Waals surface area contributed by atoms with Gasteiger partial charge in [-0.15, -0.1) is 0 Å². The standard InChI is InChI=1S/C20H32O5/c1-17-6-2-7-19(11-21,16(23)24)15(17)5-8-18-9-13(3-4-14(17)18)20(25,10-18)12-22/h13-15,21-22,25H,2-12H2,1H3,(H,23,24)/t13-,14+,15+,17+,18+,19+,20+/m0/s1. The van der Waals surface area contributed by atoms with E-state index in [1.807, 2.05) is 0 Å². The highest BCUT2D eigenvalue weighted by atomic mass is 16.4. The summed E-state index contributed by atoms with van der Waals surface area (Å²) in [5.41, 5.74) is -2.00. The van der Waals surface area contributed by atoms with Crippen LogP contribution < -0.4 is 0 Å². The Morgan fingerprint density at radius 1 is 1.04 bits per heavy atom. The Bertz CT molecular complexity index is 578. The Balaban J connectivity index is 1.73. The van der Waals surface area contributed by atoms with Gasteiger partial charge in [0.2, 0.25) is 0 Å². The van der Waals surface area contributed by atoms with Crippen LogP contribution in [-0.2, 0) is 4.79 Å². The van der Waals surface area contributed by atoms with Gasteiger partial charge in [0.05, 0.1) is 24.2 Å². The van der Waals surface area contributed by atoms with Gasteiger partial charge in [0.1, 0.15) is 0 Å². The molecule has 0 radical (unpaired) electrons. The van der Waals surface area contributed by atoms with E-state index in [0.717, 1.165) is 44.9 Å². The average molecular weight is 352 g/mol. The first kappa shape index (κ1) is 17.7. The van der Waals surface area contributed by atoms with E-state index in [2.05, 4.69) is 6.92 Å². The normalized spacial score (nSPS) is 54.6. The van der Waals surface area contributed by atoms with E-state index < -0.39 is 17.0 Å². The summed E-state index contributed by atoms with van der Waals surface area (Å²) in [6.07, 6.45) is 7.74. The molecule has 0 aromatic heterocycles. The number of hydrogen-bond acceptors (Lipinski definition) is 4. The van der Waals surface area contributed by atoms with Crippen LogP contribution in [0.25, 0.3) is 0 Å². The molecule has 0 saturated heterocycles. The Hall–Kier alpha value is -0.650. The van der Waals surface area contributed by atoms with Gasteiger partial charge in [0, 0.05) is 0 Å². The van der Waals surface area contributed by atoms with Gasteiger partial charge in [-0.3, -0.25) is 4.79 Å². The molecule has 4 saturated carbocycles. The van der Waals surface area contributed by atoms with Crippen LogP contribution in [0.3, 0.4) is 0 Å². The Morgan fingerprint density at radius 3 is 2.44 bits per heavy atom. The van der Waals surface area contributed by atoms with E-state index in [4.69, 9.17) is 0 Å². The van der Waals surface area contributed by atoms with Crippen LogP contribution in [0.4, 0.5) is 0 Å². The van der Waals surface area contributed by atoms with Crippen molar-refractivity contribution < 1.29 is 25.2 Å². The van der Waals surface area contributed by atoms with Crippen molar-refractivity contribution in [2.24, 2.45) is 34.0 Å². The van der Waals surface area contributed by atoms with E-state index >= 15 is 0 Å². The zero-order valence-corrected chi connectivity index (χ0v) is 15.2. The van der Waals surface area contributed by atoms with Crippen LogP contribution in [0.15, 0.2) is 0 Å². The maximum absolute atomic E-state index is 12.1. The van der Waals surface area contributed by atoms with Gasteiger partial charge in [-0.05, 0) is 80.0 Å². The topological polar surface area (TPSA) is 98.0 Å². The summed E-state index contributed by atoms with van der Waals surface area (Å²) in [5.74, 6) is -0.263. The number of carbonyl (C=O) groups is 1. The van der Waals surface area contributed by atoms with Crippen molar-refractivity contribution in [2.75, 3.05) is 13.2 Å². The second-order valence-electron chi connectivity index (χ2n) is 9.90. The van der Waals surface area contributed by atoms with E-state index in [-0.39, 0.29) is 35.9 Å². The van der Waals surface area contributed by atoms with Gasteiger partial charge in [-0.25, -0.2) is 0 Å². The molecular weight excluding hydrogens is 320 g/mol. The van der Waals surface area contributed by atoms with Crippen molar-refractivity contribution in [1.29, 1.82) is 0 Å². The molecule has 0 aromatic carbocycles. The van der Waals surface area contributed by atoms with E-state index in [1.54, 1.807) is 0 Å². The van der Waals surface area contributed by atoms with Crippen molar-refractivity contribution in [2.45, 2.75) is 70.3 Å². The molecule has 0 unspecified atom stereocenters. The van der Waals surface area contributed by atoms with Gasteiger partial charge in [-0.1, -0.05) is 13.3 Å². The molecule has 0 heterocycles. The molecule has 7 atom stereocenters. The zero-order chi connectivity index (χ0) is 18.1. The van der Waals surface area contributed by atoms with Crippen molar-refractivity contribution in [3.8, 4) is 0 Å². The second kappa shape index (κ2) is 5.43. The van der Waals surface area contributed by atoms with Gasteiger partial charge >= 0.3 is 5.97 Å². The summed E-state index contributed by atoms with van der Waals surface area (Å²) in [7, 11) is 0. The van der Waals surface area contributed by atoms with Crippen molar-refractivity contribution in [3.63, 3.8) is 0 Å². The minimum absolute atomic E-state index is 0.00578. The highest BCUT2D eigenvalue weighted by Gasteiger charge is 2.68. The lowest BCUT2D eigenvalue weighted by Gasteiger charge is -2.63. The fourth-order valence-corrected chi connectivity index (χ4v) is 8.13. The molecule has 4 rings (SSSR count). The fourth-order valence-electron chi connectivity index (χ4n) is 8.13. The molecule has 5 nitrogen and oxygen atoms in total. The van der Waals surface area contributed by atoms with E-state index in [9.17, 15) is 25.2 Å². The molecular formula is C20H32O5. The van der Waals surface area contributed by atoms with Crippen molar-refractivity contribution in [1.82, 2.24) is 0 Å². The van der Waals surface area contributed by atoms with Crippen LogP contribution in [-0.4, -0.2) is 45.2 Å². The van der Waals surface area contributed by atoms with Gasteiger partial charge in [-0.2, -0.15) is 0 Å². The number of fused-ring (bicyclic) bond motifs is 3. The van der Waals surface area contributed by atoms with Gasteiger partial charge in [0.25, 0.3) is 0 Å². The second-order valence-corrected chi connectivity index (χ2v) is 9.90. The Labute approximate surface area is 149 Å². The number of aliphatic hydroxyl groups excluding tert-OH is 2. The predicted molar refractivity (Wildman–Crippen MR) is 91.8 cm³/mol. The summed E-state index contributed by atoms with van der Waals surface area (Å²) in [5, 5.41) is 40.7. The predicted octanol–water partition coefficient (Wildman–Crippen LogP) is 2.18. The third kappa shape index (κ3) is 2.09. The maximum atomic E-state index is 12.1. The Morgan fingerprint density at radius 2 is 1.80 bits per heavy atom. The third-order valence-electron chi connectivity index (χ3n) is 9.12. The number of carboxylic acids is 1. The molecule has 1 spiro atoms. The SMILES string of the molecule is C[C@]12CCC[C@](CO)(C(=O)O)[C@@H]1CC[C@]13C[C@H](CC[C@@H]12)[C@](O)(CO)C3. The lowest BCUT2D eigenvalue weighted by Crippen LogP contribution is -2.60. The lowest BCUT2D eigenvalue weighted by molar-refractivity contribution is -0.191. The molecule has 25 heavy (non-hydrogen) atoms. The monoisotopic (exact) mass is 352 g/mol. The number of aliphatic hydroxyl groups is 3. The highest BCUT2D eigenvalue weighted by molar-refractivity contribution is 5.75. The summed E-state index contributed by atoms with van der Waals surface area (Å²) in [6.45, 7) is 1.82. The molecule has 4 aliphatic rings. The quantitative estimate of drug-likeness (QED) is 0.624. The van der Waals surface area contributed by atoms with Gasteiger partial charge < -0.3 is 20.4 Å². The number of hydrogen-bond donors (Lipinski definition) is 4. The molecule has 5 heteroatoms. The molecule has 4 aliphatic carbocycles. The first-order chi connectivity index (χ1) is 11.8. The summed E-state index contributed by atoms with van der Waals surface area (Å²) >= 11 is 0. The molecule has 4 fully saturated rings. The van der Waals surface area contributed by atoms with Crippen LogP contribution in [0.5, 0.6) is 0 Å². The van der Waals surface area contributed by atoms with Gasteiger partial charge in [0.15, 0.2) is 0 Å². The molecule has 0 aliphatic heterocycles. The van der Waals surface area contributed by atoms with Crippen molar-refractivity contribution >= 4 is 5.97 Å². The summed E-state index contributed by atoms with van der Waals surface area (Å²) < 4.78 is 0. The first-order valence-corrected chi connectivity index (χ1v) is 9.94. The molecule has 4 N–H and O–H groups in total. The highest BCUT2D eigenvalue weighted by Crippen LogP contribution is 2.72. The maximum Gasteiger partial charge on any atom is 0.312 e. The first-order valence-electron chi connectivity index (χ1n) is 9.94. The zero-order valence-electron chi connectivity index (χ0n) is 15.2. The number of carboxylic acid groups (broad SMARTS) is 1. The Kier molecular flexibility index (Phi) is 3.85. The molecule has 2 bridgehead atoms. The summed E-state index contributed by atoms with van der Waals surface area (Å²) in [6, 6.07) is 0. The van der Waals surface area contributed by atoms with Crippen LogP contribution >= 0.6 is 0 Å². The average Bonchev–Trinajstić information content (AvgIpc) is 2.79. The lowest BCUT2D eigenvalue weighted by atomic mass is 9.41.